The SMILES string of the molecule is CCOc1cc(C=Nc2cccc(Cl)c2C)cc(Br)c1OCC(=O)Nc1ccc(C)c(Cl)c1. The molecule has 0 aliphatic carbocycles. The molecular formula is C25H23BrCl2N2O3. The third-order valence-corrected chi connectivity index (χ3v) is 6.13. The zero-order valence-corrected chi connectivity index (χ0v) is 21.5. The number of carbonyl (C=O) groups is 1. The Balaban J connectivity index is 1.75. The maximum atomic E-state index is 12.4. The molecule has 0 fully saturated rings. The van der Waals surface area contributed by atoms with Crippen molar-refractivity contribution in [3.8, 4) is 11.5 Å². The van der Waals surface area contributed by atoms with Gasteiger partial charge in [0.2, 0.25) is 0 Å². The first kappa shape index (κ1) is 25.1. The average Bonchev–Trinajstić information content (AvgIpc) is 2.77. The minimum Gasteiger partial charge on any atom is -0.490 e. The molecule has 8 heteroatoms. The van der Waals surface area contributed by atoms with Crippen LogP contribution in [-0.2, 0) is 4.79 Å². The van der Waals surface area contributed by atoms with E-state index in [1.807, 2.05) is 57.2 Å². The molecule has 3 aromatic rings. The summed E-state index contributed by atoms with van der Waals surface area (Å²) in [5.41, 5.74) is 4.03. The smallest absolute Gasteiger partial charge is 0.262 e. The maximum Gasteiger partial charge on any atom is 0.262 e. The fraction of sp³-hybridized carbons (Fsp3) is 0.200. The molecule has 0 atom stereocenters. The summed E-state index contributed by atoms with van der Waals surface area (Å²) in [5, 5.41) is 4.02. The Morgan fingerprint density at radius 3 is 2.61 bits per heavy atom. The summed E-state index contributed by atoms with van der Waals surface area (Å²) in [7, 11) is 0. The first-order valence-corrected chi connectivity index (χ1v) is 11.8. The van der Waals surface area contributed by atoms with Crippen molar-refractivity contribution in [2.75, 3.05) is 18.5 Å². The molecule has 0 aliphatic rings. The molecule has 0 bridgehead atoms. The van der Waals surface area contributed by atoms with E-state index in [0.29, 0.717) is 38.3 Å². The van der Waals surface area contributed by atoms with E-state index < -0.39 is 0 Å². The van der Waals surface area contributed by atoms with Crippen LogP contribution in [0.3, 0.4) is 0 Å². The number of halogens is 3. The molecule has 3 rings (SSSR count). The second-order valence-electron chi connectivity index (χ2n) is 7.21. The van der Waals surface area contributed by atoms with Crippen molar-refractivity contribution in [1.29, 1.82) is 0 Å². The van der Waals surface area contributed by atoms with Crippen LogP contribution in [0, 0.1) is 13.8 Å². The lowest BCUT2D eigenvalue weighted by Gasteiger charge is -2.15. The molecule has 0 saturated heterocycles. The van der Waals surface area contributed by atoms with Gasteiger partial charge in [-0.25, -0.2) is 0 Å². The molecule has 1 amide bonds. The van der Waals surface area contributed by atoms with E-state index in [1.54, 1.807) is 18.3 Å². The molecule has 5 nitrogen and oxygen atoms in total. The number of ether oxygens (including phenoxy) is 2. The number of rotatable bonds is 8. The summed E-state index contributed by atoms with van der Waals surface area (Å²) in [6, 6.07) is 14.6. The highest BCUT2D eigenvalue weighted by Crippen LogP contribution is 2.37. The van der Waals surface area contributed by atoms with Gasteiger partial charge in [0, 0.05) is 21.9 Å². The zero-order valence-electron chi connectivity index (χ0n) is 18.4. The quantitative estimate of drug-likeness (QED) is 0.295. The van der Waals surface area contributed by atoms with Gasteiger partial charge < -0.3 is 14.8 Å². The molecule has 1 N–H and O–H groups in total. The molecule has 0 unspecified atom stereocenters. The van der Waals surface area contributed by atoms with E-state index in [-0.39, 0.29) is 12.5 Å². The second-order valence-corrected chi connectivity index (χ2v) is 8.87. The topological polar surface area (TPSA) is 59.9 Å². The third kappa shape index (κ3) is 6.73. The third-order valence-electron chi connectivity index (χ3n) is 4.73. The summed E-state index contributed by atoms with van der Waals surface area (Å²) in [4.78, 5) is 16.9. The summed E-state index contributed by atoms with van der Waals surface area (Å²) >= 11 is 15.8. The van der Waals surface area contributed by atoms with Gasteiger partial charge in [0.05, 0.1) is 16.8 Å². The normalized spacial score (nSPS) is 11.0. The van der Waals surface area contributed by atoms with E-state index in [9.17, 15) is 4.79 Å². The first-order chi connectivity index (χ1) is 15.8. The molecule has 33 heavy (non-hydrogen) atoms. The van der Waals surface area contributed by atoms with Gasteiger partial charge in [-0.3, -0.25) is 9.79 Å². The van der Waals surface area contributed by atoms with Crippen LogP contribution in [0.4, 0.5) is 11.4 Å². The number of aryl methyl sites for hydroxylation is 1. The Labute approximate surface area is 211 Å². The van der Waals surface area contributed by atoms with E-state index in [1.165, 1.54) is 0 Å². The summed E-state index contributed by atoms with van der Waals surface area (Å²) in [6.07, 6.45) is 1.73. The van der Waals surface area contributed by atoms with Crippen molar-refractivity contribution in [2.24, 2.45) is 4.99 Å². The summed E-state index contributed by atoms with van der Waals surface area (Å²) in [5.74, 6) is 0.624. The number of hydrogen-bond donors (Lipinski definition) is 1. The predicted molar refractivity (Wildman–Crippen MR) is 139 cm³/mol. The molecule has 0 radical (unpaired) electrons. The largest absolute Gasteiger partial charge is 0.490 e. The minimum absolute atomic E-state index is 0.195. The molecular weight excluding hydrogens is 527 g/mol. The molecule has 0 heterocycles. The van der Waals surface area contributed by atoms with Crippen molar-refractivity contribution in [3.63, 3.8) is 0 Å². The number of benzene rings is 3. The average molecular weight is 550 g/mol. The molecule has 0 aliphatic heterocycles. The summed E-state index contributed by atoms with van der Waals surface area (Å²) < 4.78 is 12.2. The van der Waals surface area contributed by atoms with Crippen LogP contribution in [0.1, 0.15) is 23.6 Å². The number of amides is 1. The number of carbonyl (C=O) groups excluding carboxylic acids is 1. The lowest BCUT2D eigenvalue weighted by Crippen LogP contribution is -2.20. The van der Waals surface area contributed by atoms with Crippen LogP contribution in [0.15, 0.2) is 58.0 Å². The van der Waals surface area contributed by atoms with Crippen LogP contribution in [0.25, 0.3) is 0 Å². The van der Waals surface area contributed by atoms with Crippen molar-refractivity contribution in [1.82, 2.24) is 0 Å². The lowest BCUT2D eigenvalue weighted by molar-refractivity contribution is -0.118. The Hall–Kier alpha value is -2.54. The van der Waals surface area contributed by atoms with Crippen molar-refractivity contribution in [2.45, 2.75) is 20.8 Å². The van der Waals surface area contributed by atoms with Crippen LogP contribution < -0.4 is 14.8 Å². The Morgan fingerprint density at radius 2 is 1.88 bits per heavy atom. The van der Waals surface area contributed by atoms with Crippen LogP contribution in [0.5, 0.6) is 11.5 Å². The predicted octanol–water partition coefficient (Wildman–Crippen LogP) is 7.54. The number of hydrogen-bond acceptors (Lipinski definition) is 4. The van der Waals surface area contributed by atoms with Crippen LogP contribution in [0.2, 0.25) is 10.0 Å². The minimum atomic E-state index is -0.314. The summed E-state index contributed by atoms with van der Waals surface area (Å²) in [6.45, 7) is 5.93. The zero-order chi connectivity index (χ0) is 24.0. The van der Waals surface area contributed by atoms with Gasteiger partial charge in [-0.15, -0.1) is 0 Å². The van der Waals surface area contributed by atoms with Crippen molar-refractivity contribution in [3.05, 3.63) is 79.7 Å². The van der Waals surface area contributed by atoms with Crippen LogP contribution >= 0.6 is 39.1 Å². The fourth-order valence-electron chi connectivity index (χ4n) is 2.95. The van der Waals surface area contributed by atoms with Gasteiger partial charge in [-0.2, -0.15) is 0 Å². The van der Waals surface area contributed by atoms with E-state index in [2.05, 4.69) is 26.2 Å². The van der Waals surface area contributed by atoms with Gasteiger partial charge in [0.15, 0.2) is 18.1 Å². The standard InChI is InChI=1S/C25H23BrCl2N2O3/c1-4-32-23-11-17(13-29-22-7-5-6-20(27)16(22)3)10-19(26)25(23)33-14-24(31)30-18-9-8-15(2)21(28)12-18/h5-13H,4,14H2,1-3H3,(H,30,31). The van der Waals surface area contributed by atoms with E-state index in [4.69, 9.17) is 32.7 Å². The van der Waals surface area contributed by atoms with Gasteiger partial charge in [0.25, 0.3) is 5.91 Å². The van der Waals surface area contributed by atoms with E-state index in [0.717, 1.165) is 22.4 Å². The Kier molecular flexibility index (Phi) is 8.78. The molecule has 0 saturated carbocycles. The van der Waals surface area contributed by atoms with Crippen molar-refractivity contribution >= 4 is 62.6 Å². The maximum absolute atomic E-state index is 12.4. The highest BCUT2D eigenvalue weighted by molar-refractivity contribution is 9.10. The first-order valence-electron chi connectivity index (χ1n) is 10.2. The van der Waals surface area contributed by atoms with Crippen LogP contribution in [-0.4, -0.2) is 25.3 Å². The second kappa shape index (κ2) is 11.5. The Bertz CT molecular complexity index is 1200. The van der Waals surface area contributed by atoms with Gasteiger partial charge in [0.1, 0.15) is 0 Å². The Morgan fingerprint density at radius 1 is 1.09 bits per heavy atom. The fourth-order valence-corrected chi connectivity index (χ4v) is 3.88. The molecule has 172 valence electrons. The number of nitrogens with one attached hydrogen (secondary N) is 1. The lowest BCUT2D eigenvalue weighted by atomic mass is 10.2. The molecule has 3 aromatic carbocycles. The monoisotopic (exact) mass is 548 g/mol. The molecule has 0 aromatic heterocycles. The van der Waals surface area contributed by atoms with Gasteiger partial charge >= 0.3 is 0 Å². The van der Waals surface area contributed by atoms with Gasteiger partial charge in [-0.05, 0) is 89.8 Å². The number of nitrogens with zero attached hydrogens (tertiary/aromatic N) is 1. The van der Waals surface area contributed by atoms with Gasteiger partial charge in [-0.1, -0.05) is 35.3 Å². The highest BCUT2D eigenvalue weighted by atomic mass is 79.9. The molecule has 0 spiro atoms. The van der Waals surface area contributed by atoms with Crippen molar-refractivity contribution < 1.29 is 14.3 Å². The highest BCUT2D eigenvalue weighted by Gasteiger charge is 2.14. The number of aliphatic imine (C=N–C) groups is 1. The van der Waals surface area contributed by atoms with E-state index >= 15 is 0 Å². The number of anilines is 1.